The maximum atomic E-state index is 3.43. The zero-order valence-electron chi connectivity index (χ0n) is 11.4. The summed E-state index contributed by atoms with van der Waals surface area (Å²) in [6, 6.07) is 6.96. The third-order valence-electron chi connectivity index (χ3n) is 4.35. The molecular weight excluding hydrogens is 220 g/mol. The average Bonchev–Trinajstić information content (AvgIpc) is 2.98. The molecule has 1 aromatic rings. The molecule has 0 saturated carbocycles. The van der Waals surface area contributed by atoms with Crippen molar-refractivity contribution in [3.8, 4) is 0 Å². The Morgan fingerprint density at radius 2 is 2.33 bits per heavy atom. The van der Waals surface area contributed by atoms with Crippen molar-refractivity contribution in [2.45, 2.75) is 39.2 Å². The Hall–Kier alpha value is -1.02. The lowest BCUT2D eigenvalue weighted by molar-refractivity contribution is 0.313. The standard InChI is InChI=1S/C16H24N2/c1-2-3-13-7-9-18(11-13)12-14-4-5-16-15(10-14)6-8-17-16/h4-5,10,13,17H,2-3,6-9,11-12H2,1H3. The van der Waals surface area contributed by atoms with Gasteiger partial charge < -0.3 is 5.32 Å². The van der Waals surface area contributed by atoms with Crippen LogP contribution in [0.25, 0.3) is 0 Å². The van der Waals surface area contributed by atoms with Crippen LogP contribution in [-0.2, 0) is 13.0 Å². The molecule has 98 valence electrons. The molecule has 0 bridgehead atoms. The van der Waals surface area contributed by atoms with Crippen molar-refractivity contribution >= 4 is 5.69 Å². The van der Waals surface area contributed by atoms with Crippen LogP contribution in [0.4, 0.5) is 5.69 Å². The van der Waals surface area contributed by atoms with Crippen molar-refractivity contribution in [2.75, 3.05) is 25.0 Å². The Morgan fingerprint density at radius 3 is 3.22 bits per heavy atom. The van der Waals surface area contributed by atoms with E-state index in [0.717, 1.165) is 19.0 Å². The highest BCUT2D eigenvalue weighted by Gasteiger charge is 2.21. The Balaban J connectivity index is 1.60. The fraction of sp³-hybridized carbons (Fsp3) is 0.625. The fourth-order valence-electron chi connectivity index (χ4n) is 3.42. The quantitative estimate of drug-likeness (QED) is 0.874. The highest BCUT2D eigenvalue weighted by atomic mass is 15.1. The molecule has 18 heavy (non-hydrogen) atoms. The molecule has 2 aliphatic heterocycles. The molecule has 1 unspecified atom stereocenters. The van der Waals surface area contributed by atoms with Gasteiger partial charge in [0.05, 0.1) is 0 Å². The van der Waals surface area contributed by atoms with Gasteiger partial charge in [0.2, 0.25) is 0 Å². The van der Waals surface area contributed by atoms with Gasteiger partial charge in [0.25, 0.3) is 0 Å². The molecule has 2 nitrogen and oxygen atoms in total. The monoisotopic (exact) mass is 244 g/mol. The lowest BCUT2D eigenvalue weighted by Crippen LogP contribution is -2.20. The number of nitrogens with zero attached hydrogens (tertiary/aromatic N) is 1. The fourth-order valence-corrected chi connectivity index (χ4v) is 3.42. The van der Waals surface area contributed by atoms with E-state index < -0.39 is 0 Å². The number of benzene rings is 1. The normalized spacial score (nSPS) is 23.1. The number of hydrogen-bond donors (Lipinski definition) is 1. The van der Waals surface area contributed by atoms with E-state index >= 15 is 0 Å². The van der Waals surface area contributed by atoms with Gasteiger partial charge in [-0.25, -0.2) is 0 Å². The first-order valence-electron chi connectivity index (χ1n) is 7.43. The molecule has 1 atom stereocenters. The summed E-state index contributed by atoms with van der Waals surface area (Å²) in [5.41, 5.74) is 4.36. The summed E-state index contributed by atoms with van der Waals surface area (Å²) in [6.45, 7) is 7.16. The van der Waals surface area contributed by atoms with Gasteiger partial charge in [0.1, 0.15) is 0 Å². The summed E-state index contributed by atoms with van der Waals surface area (Å²) in [6.07, 6.45) is 5.34. The summed E-state index contributed by atoms with van der Waals surface area (Å²) in [5, 5.41) is 3.43. The number of anilines is 1. The van der Waals surface area contributed by atoms with Crippen LogP contribution in [0.5, 0.6) is 0 Å². The maximum Gasteiger partial charge on any atom is 0.0373 e. The van der Waals surface area contributed by atoms with E-state index in [1.807, 2.05) is 0 Å². The van der Waals surface area contributed by atoms with Gasteiger partial charge in [-0.15, -0.1) is 0 Å². The van der Waals surface area contributed by atoms with Crippen molar-refractivity contribution < 1.29 is 0 Å². The number of nitrogens with one attached hydrogen (secondary N) is 1. The van der Waals surface area contributed by atoms with E-state index in [-0.39, 0.29) is 0 Å². The molecule has 0 aromatic heterocycles. The van der Waals surface area contributed by atoms with Crippen LogP contribution >= 0.6 is 0 Å². The van der Waals surface area contributed by atoms with Gasteiger partial charge in [-0.2, -0.15) is 0 Å². The lowest BCUT2D eigenvalue weighted by Gasteiger charge is -2.16. The molecule has 0 amide bonds. The molecule has 2 heteroatoms. The second kappa shape index (κ2) is 5.31. The molecule has 1 fully saturated rings. The minimum atomic E-state index is 0.950. The van der Waals surface area contributed by atoms with E-state index in [1.54, 1.807) is 0 Å². The van der Waals surface area contributed by atoms with Crippen molar-refractivity contribution in [3.63, 3.8) is 0 Å². The van der Waals surface area contributed by atoms with Crippen LogP contribution < -0.4 is 5.32 Å². The Kier molecular flexibility index (Phi) is 3.55. The predicted octanol–water partition coefficient (Wildman–Crippen LogP) is 3.28. The summed E-state index contributed by atoms with van der Waals surface area (Å²) in [4.78, 5) is 2.63. The van der Waals surface area contributed by atoms with Crippen LogP contribution in [0.2, 0.25) is 0 Å². The molecule has 2 aliphatic rings. The average molecular weight is 244 g/mol. The number of likely N-dealkylation sites (tertiary alicyclic amines) is 1. The first-order chi connectivity index (χ1) is 8.85. The third kappa shape index (κ3) is 2.54. The van der Waals surface area contributed by atoms with Crippen LogP contribution in [0, 0.1) is 5.92 Å². The van der Waals surface area contributed by atoms with Gasteiger partial charge in [-0.3, -0.25) is 4.90 Å². The third-order valence-corrected chi connectivity index (χ3v) is 4.35. The summed E-state index contributed by atoms with van der Waals surface area (Å²) in [5.74, 6) is 0.950. The van der Waals surface area contributed by atoms with Crippen LogP contribution in [0.1, 0.15) is 37.3 Å². The first kappa shape index (κ1) is 12.0. The molecule has 1 aromatic carbocycles. The summed E-state index contributed by atoms with van der Waals surface area (Å²) >= 11 is 0. The van der Waals surface area contributed by atoms with E-state index in [9.17, 15) is 0 Å². The first-order valence-corrected chi connectivity index (χ1v) is 7.43. The smallest absolute Gasteiger partial charge is 0.0373 e. The summed E-state index contributed by atoms with van der Waals surface area (Å²) in [7, 11) is 0. The summed E-state index contributed by atoms with van der Waals surface area (Å²) < 4.78 is 0. The molecule has 0 aliphatic carbocycles. The zero-order valence-corrected chi connectivity index (χ0v) is 11.4. The highest BCUT2D eigenvalue weighted by Crippen LogP contribution is 2.26. The molecule has 3 rings (SSSR count). The van der Waals surface area contributed by atoms with Crippen LogP contribution in [0.3, 0.4) is 0 Å². The van der Waals surface area contributed by atoms with Crippen molar-refractivity contribution in [2.24, 2.45) is 5.92 Å². The molecule has 1 saturated heterocycles. The predicted molar refractivity (Wildman–Crippen MR) is 76.9 cm³/mol. The maximum absolute atomic E-state index is 3.43. The molecule has 2 heterocycles. The highest BCUT2D eigenvalue weighted by molar-refractivity contribution is 5.56. The van der Waals surface area contributed by atoms with Crippen molar-refractivity contribution in [1.29, 1.82) is 0 Å². The Morgan fingerprint density at radius 1 is 1.39 bits per heavy atom. The second-order valence-electron chi connectivity index (χ2n) is 5.85. The van der Waals surface area contributed by atoms with E-state index in [0.29, 0.717) is 0 Å². The van der Waals surface area contributed by atoms with E-state index in [2.05, 4.69) is 35.3 Å². The zero-order chi connectivity index (χ0) is 12.4. The van der Waals surface area contributed by atoms with Gasteiger partial charge in [0, 0.05) is 25.3 Å². The Labute approximate surface area is 110 Å². The van der Waals surface area contributed by atoms with Crippen LogP contribution in [0.15, 0.2) is 18.2 Å². The van der Waals surface area contributed by atoms with Crippen molar-refractivity contribution in [1.82, 2.24) is 4.90 Å². The van der Waals surface area contributed by atoms with Gasteiger partial charge in [0.15, 0.2) is 0 Å². The molecule has 1 N–H and O–H groups in total. The molecule has 0 radical (unpaired) electrons. The minimum Gasteiger partial charge on any atom is -0.384 e. The van der Waals surface area contributed by atoms with Gasteiger partial charge in [-0.1, -0.05) is 25.5 Å². The van der Waals surface area contributed by atoms with Gasteiger partial charge >= 0.3 is 0 Å². The topological polar surface area (TPSA) is 15.3 Å². The molecule has 0 spiro atoms. The number of hydrogen-bond acceptors (Lipinski definition) is 2. The number of rotatable bonds is 4. The van der Waals surface area contributed by atoms with Crippen molar-refractivity contribution in [3.05, 3.63) is 29.3 Å². The van der Waals surface area contributed by atoms with Gasteiger partial charge in [-0.05, 0) is 48.9 Å². The van der Waals surface area contributed by atoms with E-state index in [4.69, 9.17) is 0 Å². The van der Waals surface area contributed by atoms with Crippen LogP contribution in [-0.4, -0.2) is 24.5 Å². The molecular formula is C16H24N2. The second-order valence-corrected chi connectivity index (χ2v) is 5.85. The largest absolute Gasteiger partial charge is 0.384 e. The SMILES string of the molecule is CCCC1CCN(Cc2ccc3c(c2)CCN3)C1. The Bertz CT molecular complexity index is 414. The lowest BCUT2D eigenvalue weighted by atomic mass is 10.0. The minimum absolute atomic E-state index is 0.950. The number of fused-ring (bicyclic) bond motifs is 1. The van der Waals surface area contributed by atoms with E-state index in [1.165, 1.54) is 55.6 Å².